The summed E-state index contributed by atoms with van der Waals surface area (Å²) in [7, 11) is 0. The van der Waals surface area contributed by atoms with Gasteiger partial charge in [-0.15, -0.1) is 0 Å². The molecule has 1 amide bonds. The Bertz CT molecular complexity index is 908. The minimum Gasteiger partial charge on any atom is -0.371 e. The van der Waals surface area contributed by atoms with Gasteiger partial charge in [0, 0.05) is 24.7 Å². The Balaban J connectivity index is 1.34. The molecule has 6 nitrogen and oxygen atoms in total. The van der Waals surface area contributed by atoms with E-state index in [2.05, 4.69) is 38.8 Å². The van der Waals surface area contributed by atoms with Crippen LogP contribution in [-0.2, 0) is 10.3 Å². The van der Waals surface area contributed by atoms with Crippen LogP contribution in [0.15, 0.2) is 24.7 Å². The first-order valence-corrected chi connectivity index (χ1v) is 11.2. The third-order valence-corrected chi connectivity index (χ3v) is 6.91. The molecule has 3 heterocycles. The molecule has 2 saturated carbocycles. The highest BCUT2D eigenvalue weighted by atomic mass is 16.2. The van der Waals surface area contributed by atoms with Crippen molar-refractivity contribution in [1.82, 2.24) is 19.4 Å². The van der Waals surface area contributed by atoms with Crippen molar-refractivity contribution >= 4 is 11.6 Å². The van der Waals surface area contributed by atoms with E-state index in [4.69, 9.17) is 4.98 Å². The maximum atomic E-state index is 13.2. The van der Waals surface area contributed by atoms with Crippen molar-refractivity contribution in [2.45, 2.75) is 64.3 Å². The van der Waals surface area contributed by atoms with E-state index < -0.39 is 0 Å². The van der Waals surface area contributed by atoms with E-state index in [1.807, 2.05) is 19.4 Å². The number of rotatable bonds is 5. The lowest BCUT2D eigenvalue weighted by Gasteiger charge is -2.44. The highest BCUT2D eigenvalue weighted by molar-refractivity contribution is 5.79. The molecule has 0 bridgehead atoms. The number of hydrogen-bond acceptors (Lipinski definition) is 4. The number of aromatic nitrogens is 3. The average molecular weight is 394 g/mol. The van der Waals surface area contributed by atoms with Crippen molar-refractivity contribution in [1.29, 1.82) is 0 Å². The molecule has 1 N–H and O–H groups in total. The molecular weight excluding hydrogens is 362 g/mol. The summed E-state index contributed by atoms with van der Waals surface area (Å²) in [5, 5.41) is 3.79. The summed E-state index contributed by atoms with van der Waals surface area (Å²) >= 11 is 0. The van der Waals surface area contributed by atoms with Crippen LogP contribution in [0.2, 0.25) is 0 Å². The number of carbonyl (C=O) groups is 1. The fourth-order valence-corrected chi connectivity index (χ4v) is 5.13. The maximum Gasteiger partial charge on any atom is 0.225 e. The number of fused-ring (bicyclic) bond motifs is 4. The first-order chi connectivity index (χ1) is 14.1. The molecule has 1 spiro atoms. The van der Waals surface area contributed by atoms with E-state index in [-0.39, 0.29) is 11.5 Å². The Labute approximate surface area is 172 Å². The molecule has 0 atom stereocenters. The molecule has 1 aliphatic heterocycles. The third-order valence-electron chi connectivity index (χ3n) is 6.91. The van der Waals surface area contributed by atoms with E-state index in [1.165, 1.54) is 18.5 Å². The van der Waals surface area contributed by atoms with Crippen LogP contribution in [-0.4, -0.2) is 38.4 Å². The molecular formula is C23H31N5O. The van der Waals surface area contributed by atoms with Crippen LogP contribution in [0.25, 0.3) is 5.82 Å². The normalized spacial score (nSPS) is 25.2. The van der Waals surface area contributed by atoms with Gasteiger partial charge in [-0.25, -0.2) is 9.97 Å². The van der Waals surface area contributed by atoms with Gasteiger partial charge in [-0.1, -0.05) is 6.92 Å². The SMILES string of the molecule is CCCN(CC1CC1)C(=O)C1CCC2(CC1)Nc1ccc(C)nc1-n1cncc12. The lowest BCUT2D eigenvalue weighted by molar-refractivity contribution is -0.137. The molecule has 0 saturated heterocycles. The van der Waals surface area contributed by atoms with Crippen molar-refractivity contribution in [2.75, 3.05) is 18.4 Å². The van der Waals surface area contributed by atoms with E-state index >= 15 is 0 Å². The topological polar surface area (TPSA) is 63.1 Å². The smallest absolute Gasteiger partial charge is 0.225 e. The number of imidazole rings is 1. The van der Waals surface area contributed by atoms with Crippen molar-refractivity contribution in [3.8, 4) is 5.82 Å². The second-order valence-corrected chi connectivity index (χ2v) is 9.18. The van der Waals surface area contributed by atoms with Gasteiger partial charge in [0.25, 0.3) is 0 Å². The Kier molecular flexibility index (Phi) is 4.60. The lowest BCUT2D eigenvalue weighted by atomic mass is 9.73. The van der Waals surface area contributed by atoms with E-state index in [0.29, 0.717) is 5.91 Å². The summed E-state index contributed by atoms with van der Waals surface area (Å²) in [5.41, 5.74) is 3.09. The first kappa shape index (κ1) is 18.6. The standard InChI is InChI=1S/C23H31N5O/c1-3-12-27(14-17-5-6-17)22(29)18-8-10-23(11-9-18)20-13-24-15-28(20)21-19(26-23)7-4-16(2)25-21/h4,7,13,15,17-18,26H,3,5-6,8-12,14H2,1-2H3. The largest absolute Gasteiger partial charge is 0.371 e. The van der Waals surface area contributed by atoms with Gasteiger partial charge in [0.15, 0.2) is 5.82 Å². The van der Waals surface area contributed by atoms with Gasteiger partial charge < -0.3 is 10.2 Å². The molecule has 0 aromatic carbocycles. The zero-order valence-electron chi connectivity index (χ0n) is 17.5. The Hall–Kier alpha value is -2.37. The second kappa shape index (κ2) is 7.15. The van der Waals surface area contributed by atoms with Gasteiger partial charge in [0.1, 0.15) is 6.33 Å². The van der Waals surface area contributed by atoms with Crippen LogP contribution in [0.3, 0.4) is 0 Å². The van der Waals surface area contributed by atoms with Gasteiger partial charge in [-0.3, -0.25) is 9.36 Å². The molecule has 0 unspecified atom stereocenters. The number of nitrogens with zero attached hydrogens (tertiary/aromatic N) is 4. The third kappa shape index (κ3) is 3.32. The van der Waals surface area contributed by atoms with E-state index in [0.717, 1.165) is 68.3 Å². The highest BCUT2D eigenvalue weighted by Crippen LogP contribution is 2.46. The van der Waals surface area contributed by atoms with Crippen molar-refractivity contribution in [2.24, 2.45) is 11.8 Å². The molecule has 29 heavy (non-hydrogen) atoms. The number of hydrogen-bond donors (Lipinski definition) is 1. The summed E-state index contributed by atoms with van der Waals surface area (Å²) in [6.07, 6.45) is 11.2. The predicted molar refractivity (Wildman–Crippen MR) is 113 cm³/mol. The molecule has 0 radical (unpaired) electrons. The van der Waals surface area contributed by atoms with Crippen LogP contribution in [0, 0.1) is 18.8 Å². The van der Waals surface area contributed by atoms with Crippen LogP contribution in [0.5, 0.6) is 0 Å². The van der Waals surface area contributed by atoms with Crippen molar-refractivity contribution in [3.05, 3.63) is 36.0 Å². The van der Waals surface area contributed by atoms with E-state index in [1.54, 1.807) is 0 Å². The number of pyridine rings is 1. The highest BCUT2D eigenvalue weighted by Gasteiger charge is 2.44. The van der Waals surface area contributed by atoms with Crippen molar-refractivity contribution < 1.29 is 4.79 Å². The first-order valence-electron chi connectivity index (χ1n) is 11.2. The molecule has 3 aliphatic rings. The molecule has 154 valence electrons. The molecule has 6 heteroatoms. The van der Waals surface area contributed by atoms with Crippen LogP contribution < -0.4 is 5.32 Å². The number of amides is 1. The van der Waals surface area contributed by atoms with Gasteiger partial charge >= 0.3 is 0 Å². The molecule has 2 aliphatic carbocycles. The molecule has 5 rings (SSSR count). The summed E-state index contributed by atoms with van der Waals surface area (Å²) in [6.45, 7) is 6.06. The fraction of sp³-hybridized carbons (Fsp3) is 0.609. The Morgan fingerprint density at radius 3 is 2.79 bits per heavy atom. The lowest BCUT2D eigenvalue weighted by Crippen LogP contribution is -2.47. The minimum absolute atomic E-state index is 0.150. The predicted octanol–water partition coefficient (Wildman–Crippen LogP) is 4.04. The van der Waals surface area contributed by atoms with Gasteiger partial charge in [-0.2, -0.15) is 0 Å². The van der Waals surface area contributed by atoms with Crippen LogP contribution in [0.1, 0.15) is 63.3 Å². The van der Waals surface area contributed by atoms with Gasteiger partial charge in [0.2, 0.25) is 5.91 Å². The summed E-state index contributed by atoms with van der Waals surface area (Å²) in [4.78, 5) is 24.5. The van der Waals surface area contributed by atoms with Crippen molar-refractivity contribution in [3.63, 3.8) is 0 Å². The Morgan fingerprint density at radius 2 is 2.07 bits per heavy atom. The minimum atomic E-state index is -0.150. The van der Waals surface area contributed by atoms with E-state index in [9.17, 15) is 4.79 Å². The number of anilines is 1. The average Bonchev–Trinajstić information content (AvgIpc) is 3.39. The summed E-state index contributed by atoms with van der Waals surface area (Å²) < 4.78 is 2.14. The summed E-state index contributed by atoms with van der Waals surface area (Å²) in [5.74, 6) is 2.22. The van der Waals surface area contributed by atoms with Crippen LogP contribution >= 0.6 is 0 Å². The molecule has 2 fully saturated rings. The number of nitrogens with one attached hydrogen (secondary N) is 1. The zero-order chi connectivity index (χ0) is 20.0. The number of aryl methyl sites for hydroxylation is 1. The Morgan fingerprint density at radius 1 is 1.28 bits per heavy atom. The molecule has 2 aromatic heterocycles. The second-order valence-electron chi connectivity index (χ2n) is 9.18. The fourth-order valence-electron chi connectivity index (χ4n) is 5.13. The van der Waals surface area contributed by atoms with Gasteiger partial charge in [0.05, 0.1) is 23.1 Å². The summed E-state index contributed by atoms with van der Waals surface area (Å²) in [6, 6.07) is 4.18. The van der Waals surface area contributed by atoms with Crippen LogP contribution in [0.4, 0.5) is 5.69 Å². The maximum absolute atomic E-state index is 13.2. The quantitative estimate of drug-likeness (QED) is 0.833. The zero-order valence-corrected chi connectivity index (χ0v) is 17.5. The number of carbonyl (C=O) groups excluding carboxylic acids is 1. The molecule has 2 aromatic rings. The van der Waals surface area contributed by atoms with Gasteiger partial charge in [-0.05, 0) is 69.9 Å². The monoisotopic (exact) mass is 393 g/mol.